The van der Waals surface area contributed by atoms with Gasteiger partial charge >= 0.3 is 6.03 Å². The first-order valence-corrected chi connectivity index (χ1v) is 8.60. The second-order valence-corrected chi connectivity index (χ2v) is 6.56. The summed E-state index contributed by atoms with van der Waals surface area (Å²) >= 11 is 0. The van der Waals surface area contributed by atoms with Gasteiger partial charge in [0.25, 0.3) is 0 Å². The summed E-state index contributed by atoms with van der Waals surface area (Å²) in [4.78, 5) is 20.6. The maximum absolute atomic E-state index is 12.8. The molecule has 1 saturated heterocycles. The predicted octanol–water partition coefficient (Wildman–Crippen LogP) is 2.40. The maximum atomic E-state index is 12.8. The third-order valence-electron chi connectivity index (χ3n) is 4.59. The number of amides is 2. The van der Waals surface area contributed by atoms with Crippen LogP contribution in [-0.2, 0) is 0 Å². The number of likely N-dealkylation sites (tertiary alicyclic amines) is 1. The fourth-order valence-corrected chi connectivity index (χ4v) is 3.07. The number of benzene rings is 1. The minimum Gasteiger partial charge on any atom is -0.454 e. The van der Waals surface area contributed by atoms with E-state index in [2.05, 4.69) is 15.2 Å². The Morgan fingerprint density at radius 2 is 2.15 bits per heavy atom. The molecule has 0 radical (unpaired) electrons. The molecule has 1 aromatic heterocycles. The van der Waals surface area contributed by atoms with Crippen LogP contribution in [0.1, 0.15) is 6.42 Å². The lowest BCUT2D eigenvalue weighted by Crippen LogP contribution is -2.41. The van der Waals surface area contributed by atoms with Gasteiger partial charge in [0.1, 0.15) is 5.75 Å². The molecule has 1 aromatic carbocycles. The molecule has 1 fully saturated rings. The molecule has 2 heterocycles. The number of nitrogens with zero attached hydrogens (tertiary/aromatic N) is 3. The molecule has 7 nitrogen and oxygen atoms in total. The Bertz CT molecular complexity index is 739. The summed E-state index contributed by atoms with van der Waals surface area (Å²) in [6.07, 6.45) is 4.04. The molecule has 7 heteroatoms. The third-order valence-corrected chi connectivity index (χ3v) is 4.59. The second-order valence-electron chi connectivity index (χ2n) is 6.56. The Hall–Kier alpha value is -2.64. The molecule has 1 aliphatic rings. The summed E-state index contributed by atoms with van der Waals surface area (Å²) in [5.74, 6) is 1.13. The van der Waals surface area contributed by atoms with Crippen LogP contribution >= 0.6 is 0 Å². The van der Waals surface area contributed by atoms with Crippen LogP contribution in [0.5, 0.6) is 11.5 Å². The van der Waals surface area contributed by atoms with Crippen LogP contribution in [-0.4, -0.2) is 65.3 Å². The van der Waals surface area contributed by atoms with Crippen molar-refractivity contribution in [1.29, 1.82) is 0 Å². The highest BCUT2D eigenvalue weighted by atomic mass is 16.5. The van der Waals surface area contributed by atoms with E-state index in [0.29, 0.717) is 23.7 Å². The number of likely N-dealkylation sites (N-methyl/N-ethyl adjacent to an activating group) is 1. The van der Waals surface area contributed by atoms with Crippen molar-refractivity contribution in [2.45, 2.75) is 18.5 Å². The summed E-state index contributed by atoms with van der Waals surface area (Å²) in [5, 5.41) is 12.5. The van der Waals surface area contributed by atoms with Crippen molar-refractivity contribution in [3.63, 3.8) is 0 Å². The maximum Gasteiger partial charge on any atom is 0.322 e. The van der Waals surface area contributed by atoms with Crippen molar-refractivity contribution in [2.75, 3.05) is 32.6 Å². The fraction of sp³-hybridized carbons (Fsp3) is 0.368. The summed E-state index contributed by atoms with van der Waals surface area (Å²) in [6.45, 7) is 0.529. The van der Waals surface area contributed by atoms with Crippen molar-refractivity contribution in [2.24, 2.45) is 0 Å². The summed E-state index contributed by atoms with van der Waals surface area (Å²) in [6, 6.07) is 10.7. The number of nitrogens with one attached hydrogen (secondary N) is 1. The minimum absolute atomic E-state index is 0.0500. The van der Waals surface area contributed by atoms with E-state index in [9.17, 15) is 9.90 Å². The number of ether oxygens (including phenoxy) is 1. The predicted molar refractivity (Wildman–Crippen MR) is 99.4 cm³/mol. The van der Waals surface area contributed by atoms with Gasteiger partial charge in [0, 0.05) is 18.8 Å². The van der Waals surface area contributed by atoms with Gasteiger partial charge in [-0.3, -0.25) is 4.98 Å². The summed E-state index contributed by atoms with van der Waals surface area (Å²) in [7, 11) is 3.97. The normalized spacial score (nSPS) is 19.6. The summed E-state index contributed by atoms with van der Waals surface area (Å²) in [5.41, 5.74) is 0.575. The Labute approximate surface area is 153 Å². The van der Waals surface area contributed by atoms with Crippen molar-refractivity contribution < 1.29 is 14.6 Å². The van der Waals surface area contributed by atoms with Gasteiger partial charge in [-0.1, -0.05) is 12.1 Å². The van der Waals surface area contributed by atoms with Crippen molar-refractivity contribution in [3.8, 4) is 11.5 Å². The highest BCUT2D eigenvalue weighted by Gasteiger charge is 2.36. The Morgan fingerprint density at radius 3 is 2.85 bits per heavy atom. The van der Waals surface area contributed by atoms with E-state index in [4.69, 9.17) is 4.74 Å². The van der Waals surface area contributed by atoms with E-state index in [-0.39, 0.29) is 24.7 Å². The van der Waals surface area contributed by atoms with E-state index < -0.39 is 0 Å². The van der Waals surface area contributed by atoms with Gasteiger partial charge in [-0.2, -0.15) is 0 Å². The smallest absolute Gasteiger partial charge is 0.322 e. The van der Waals surface area contributed by atoms with Crippen molar-refractivity contribution in [1.82, 2.24) is 14.8 Å². The monoisotopic (exact) mass is 356 g/mol. The Morgan fingerprint density at radius 1 is 1.35 bits per heavy atom. The van der Waals surface area contributed by atoms with E-state index in [1.54, 1.807) is 41.6 Å². The van der Waals surface area contributed by atoms with Gasteiger partial charge in [0.05, 0.1) is 24.5 Å². The SMILES string of the molecule is CN(C)[C@@H]1C[C@@H](CO)N(C(=O)Nc2ccccc2Oc2cccnc2)C1. The first-order valence-electron chi connectivity index (χ1n) is 8.60. The van der Waals surface area contributed by atoms with Gasteiger partial charge < -0.3 is 25.0 Å². The quantitative estimate of drug-likeness (QED) is 0.860. The van der Waals surface area contributed by atoms with Crippen LogP contribution < -0.4 is 10.1 Å². The number of aromatic nitrogens is 1. The van der Waals surface area contributed by atoms with Gasteiger partial charge in [-0.15, -0.1) is 0 Å². The van der Waals surface area contributed by atoms with E-state index in [0.717, 1.165) is 6.42 Å². The molecule has 26 heavy (non-hydrogen) atoms. The number of anilines is 1. The molecule has 138 valence electrons. The number of urea groups is 1. The van der Waals surface area contributed by atoms with Crippen LogP contribution in [0.4, 0.5) is 10.5 Å². The molecule has 0 spiro atoms. The molecule has 0 bridgehead atoms. The zero-order valence-corrected chi connectivity index (χ0v) is 15.0. The topological polar surface area (TPSA) is 77.9 Å². The van der Waals surface area contributed by atoms with Crippen molar-refractivity contribution >= 4 is 11.7 Å². The molecular formula is C19H24N4O3. The first-order chi connectivity index (χ1) is 12.6. The number of hydrogen-bond acceptors (Lipinski definition) is 5. The Kier molecular flexibility index (Phi) is 5.70. The standard InChI is InChI=1S/C19H24N4O3/c1-22(2)14-10-15(13-24)23(12-14)19(25)21-17-7-3-4-8-18(17)26-16-6-5-9-20-11-16/h3-9,11,14-15,24H,10,12-13H2,1-2H3,(H,21,25)/t14-,15+/m1/s1. The number of aliphatic hydroxyl groups is 1. The van der Waals surface area contributed by atoms with Crippen LogP contribution in [0, 0.1) is 0 Å². The number of carbonyl (C=O) groups is 1. The number of pyridine rings is 1. The average molecular weight is 356 g/mol. The molecule has 2 aromatic rings. The molecule has 0 saturated carbocycles. The van der Waals surface area contributed by atoms with Gasteiger partial charge in [-0.05, 0) is 44.8 Å². The lowest BCUT2D eigenvalue weighted by molar-refractivity contribution is 0.166. The molecule has 0 aliphatic carbocycles. The zero-order chi connectivity index (χ0) is 18.5. The number of para-hydroxylation sites is 2. The zero-order valence-electron chi connectivity index (χ0n) is 15.0. The number of carbonyl (C=O) groups excluding carboxylic acids is 1. The molecular weight excluding hydrogens is 332 g/mol. The highest BCUT2D eigenvalue weighted by Crippen LogP contribution is 2.30. The number of aliphatic hydroxyl groups excluding tert-OH is 1. The molecule has 2 amide bonds. The van der Waals surface area contributed by atoms with Gasteiger partial charge in [-0.25, -0.2) is 4.79 Å². The van der Waals surface area contributed by atoms with E-state index in [1.807, 2.05) is 26.2 Å². The van der Waals surface area contributed by atoms with Crippen LogP contribution in [0.3, 0.4) is 0 Å². The molecule has 2 N–H and O–H groups in total. The van der Waals surface area contributed by atoms with Gasteiger partial charge in [0.15, 0.2) is 5.75 Å². The lowest BCUT2D eigenvalue weighted by Gasteiger charge is -2.24. The van der Waals surface area contributed by atoms with Crippen molar-refractivity contribution in [3.05, 3.63) is 48.8 Å². The largest absolute Gasteiger partial charge is 0.454 e. The lowest BCUT2D eigenvalue weighted by atomic mass is 10.2. The van der Waals surface area contributed by atoms with Crippen LogP contribution in [0.2, 0.25) is 0 Å². The second kappa shape index (κ2) is 8.16. The third kappa shape index (κ3) is 4.12. The Balaban J connectivity index is 1.73. The molecule has 1 aliphatic heterocycles. The fourth-order valence-electron chi connectivity index (χ4n) is 3.07. The van der Waals surface area contributed by atoms with E-state index >= 15 is 0 Å². The first kappa shape index (κ1) is 18.2. The van der Waals surface area contributed by atoms with Crippen LogP contribution in [0.15, 0.2) is 48.8 Å². The van der Waals surface area contributed by atoms with Crippen LogP contribution in [0.25, 0.3) is 0 Å². The number of rotatable bonds is 5. The number of hydrogen-bond donors (Lipinski definition) is 2. The average Bonchev–Trinajstić information content (AvgIpc) is 3.09. The highest BCUT2D eigenvalue weighted by molar-refractivity contribution is 5.91. The molecule has 0 unspecified atom stereocenters. The molecule has 3 rings (SSSR count). The van der Waals surface area contributed by atoms with Gasteiger partial charge in [0.2, 0.25) is 0 Å². The summed E-state index contributed by atoms with van der Waals surface area (Å²) < 4.78 is 5.83. The minimum atomic E-state index is -0.240. The van der Waals surface area contributed by atoms with E-state index in [1.165, 1.54) is 0 Å². The molecule has 2 atom stereocenters.